The maximum Gasteiger partial charge on any atom is 0.342 e. The fourth-order valence-electron chi connectivity index (χ4n) is 2.43. The smallest absolute Gasteiger partial charge is 0.342 e. The zero-order chi connectivity index (χ0) is 21.0. The van der Waals surface area contributed by atoms with Gasteiger partial charge < -0.3 is 14.6 Å². The van der Waals surface area contributed by atoms with E-state index in [1.54, 1.807) is 37.4 Å². The van der Waals surface area contributed by atoms with Crippen LogP contribution in [0.1, 0.15) is 5.56 Å². The highest BCUT2D eigenvalue weighted by molar-refractivity contribution is 14.1. The number of carboxylic acid groups (broad SMARTS) is 1. The minimum atomic E-state index is -1.09. The summed E-state index contributed by atoms with van der Waals surface area (Å²) in [6.07, 6.45) is 1.54. The standard InChI is InChI=1S/C19H15ClIN3O4S/c1-27-14-8-10(7-13(21)16(14)28-2)9-15(18(25)26)29-19-22-17(23-24-19)11-3-5-12(20)6-4-11/h3-9H,1-2H3,(H,25,26)(H,22,23,24)/b15-9-. The summed E-state index contributed by atoms with van der Waals surface area (Å²) >= 11 is 8.95. The molecule has 150 valence electrons. The molecular weight excluding hydrogens is 529 g/mol. The van der Waals surface area contributed by atoms with Crippen molar-refractivity contribution in [2.24, 2.45) is 0 Å². The summed E-state index contributed by atoms with van der Waals surface area (Å²) < 4.78 is 11.4. The van der Waals surface area contributed by atoms with Gasteiger partial charge in [0.15, 0.2) is 17.3 Å². The second kappa shape index (κ2) is 9.51. The zero-order valence-corrected chi connectivity index (χ0v) is 19.0. The van der Waals surface area contributed by atoms with Gasteiger partial charge in [0.05, 0.1) is 17.8 Å². The highest BCUT2D eigenvalue weighted by atomic mass is 127. The van der Waals surface area contributed by atoms with Gasteiger partial charge in [-0.2, -0.15) is 0 Å². The summed E-state index contributed by atoms with van der Waals surface area (Å²) in [5.41, 5.74) is 1.45. The fourth-order valence-corrected chi connectivity index (χ4v) is 4.11. The van der Waals surface area contributed by atoms with Crippen molar-refractivity contribution >= 4 is 58.0 Å². The first-order valence-corrected chi connectivity index (χ1v) is 10.4. The number of aromatic amines is 1. The van der Waals surface area contributed by atoms with Crippen LogP contribution in [0.5, 0.6) is 11.5 Å². The molecule has 1 heterocycles. The van der Waals surface area contributed by atoms with Gasteiger partial charge in [0.1, 0.15) is 4.91 Å². The molecule has 29 heavy (non-hydrogen) atoms. The average molecular weight is 544 g/mol. The summed E-state index contributed by atoms with van der Waals surface area (Å²) in [4.78, 5) is 16.2. The minimum Gasteiger partial charge on any atom is -0.493 e. The first-order chi connectivity index (χ1) is 13.9. The Morgan fingerprint density at radius 2 is 1.97 bits per heavy atom. The Balaban J connectivity index is 1.89. The Morgan fingerprint density at radius 3 is 2.59 bits per heavy atom. The number of aliphatic carboxylic acids is 1. The molecule has 3 aromatic rings. The lowest BCUT2D eigenvalue weighted by Crippen LogP contribution is -1.98. The number of hydrogen-bond acceptors (Lipinski definition) is 6. The largest absolute Gasteiger partial charge is 0.493 e. The molecule has 0 spiro atoms. The molecule has 2 N–H and O–H groups in total. The van der Waals surface area contributed by atoms with Crippen LogP contribution in [0, 0.1) is 3.57 Å². The molecule has 0 aliphatic rings. The highest BCUT2D eigenvalue weighted by Gasteiger charge is 2.16. The van der Waals surface area contributed by atoms with Crippen molar-refractivity contribution in [3.63, 3.8) is 0 Å². The summed E-state index contributed by atoms with van der Waals surface area (Å²) in [7, 11) is 3.08. The number of benzene rings is 2. The number of halogens is 2. The second-order valence-corrected chi connectivity index (χ2v) is 8.24. The van der Waals surface area contributed by atoms with Gasteiger partial charge in [-0.1, -0.05) is 11.6 Å². The minimum absolute atomic E-state index is 0.0645. The number of aromatic nitrogens is 3. The van der Waals surface area contributed by atoms with Gasteiger partial charge in [-0.25, -0.2) is 9.78 Å². The van der Waals surface area contributed by atoms with Crippen LogP contribution in [-0.4, -0.2) is 40.5 Å². The number of ether oxygens (including phenoxy) is 2. The molecule has 3 rings (SSSR count). The van der Waals surface area contributed by atoms with Crippen LogP contribution in [0.15, 0.2) is 46.5 Å². The SMILES string of the molecule is COc1cc(/C=C(\Sc2n[nH]c(-c3ccc(Cl)cc3)n2)C(=O)O)cc(I)c1OC. The topological polar surface area (TPSA) is 97.3 Å². The highest BCUT2D eigenvalue weighted by Crippen LogP contribution is 2.35. The van der Waals surface area contributed by atoms with Gasteiger partial charge in [0, 0.05) is 10.6 Å². The molecule has 0 amide bonds. The first kappa shape index (κ1) is 21.5. The maximum absolute atomic E-state index is 11.8. The number of carboxylic acids is 1. The van der Waals surface area contributed by atoms with E-state index in [0.29, 0.717) is 33.1 Å². The van der Waals surface area contributed by atoms with E-state index in [4.69, 9.17) is 21.1 Å². The lowest BCUT2D eigenvalue weighted by molar-refractivity contribution is -0.131. The van der Waals surface area contributed by atoms with Gasteiger partial charge >= 0.3 is 5.97 Å². The van der Waals surface area contributed by atoms with E-state index >= 15 is 0 Å². The molecule has 0 radical (unpaired) electrons. The molecule has 0 fully saturated rings. The number of nitrogens with zero attached hydrogens (tertiary/aromatic N) is 2. The number of hydrogen-bond donors (Lipinski definition) is 2. The molecule has 7 nitrogen and oxygen atoms in total. The third-order valence-electron chi connectivity index (χ3n) is 3.75. The molecule has 1 aromatic heterocycles. The number of thioether (sulfide) groups is 1. The van der Waals surface area contributed by atoms with Gasteiger partial charge in [-0.15, -0.1) is 5.10 Å². The van der Waals surface area contributed by atoms with Crippen molar-refractivity contribution < 1.29 is 19.4 Å². The third kappa shape index (κ3) is 5.22. The van der Waals surface area contributed by atoms with Crippen molar-refractivity contribution in [2.75, 3.05) is 14.2 Å². The van der Waals surface area contributed by atoms with Crippen LogP contribution in [-0.2, 0) is 4.79 Å². The molecule has 0 atom stereocenters. The lowest BCUT2D eigenvalue weighted by Gasteiger charge is -2.10. The predicted octanol–water partition coefficient (Wildman–Crippen LogP) is 4.96. The summed E-state index contributed by atoms with van der Waals surface area (Å²) in [5.74, 6) is 0.548. The monoisotopic (exact) mass is 543 g/mol. The van der Waals surface area contributed by atoms with Crippen molar-refractivity contribution in [1.82, 2.24) is 15.2 Å². The Kier molecular flexibility index (Phi) is 7.04. The molecule has 10 heteroatoms. The van der Waals surface area contributed by atoms with E-state index in [1.165, 1.54) is 13.2 Å². The Bertz CT molecular complexity index is 1070. The number of carbonyl (C=O) groups is 1. The molecule has 0 saturated heterocycles. The average Bonchev–Trinajstić information content (AvgIpc) is 3.16. The normalized spacial score (nSPS) is 11.4. The summed E-state index contributed by atoms with van der Waals surface area (Å²) in [6, 6.07) is 10.6. The molecule has 0 saturated carbocycles. The molecular formula is C19H15ClIN3O4S. The zero-order valence-electron chi connectivity index (χ0n) is 15.3. The van der Waals surface area contributed by atoms with E-state index in [2.05, 4.69) is 37.8 Å². The molecule has 0 aliphatic heterocycles. The number of rotatable bonds is 7. The predicted molar refractivity (Wildman–Crippen MR) is 121 cm³/mol. The Morgan fingerprint density at radius 1 is 1.24 bits per heavy atom. The van der Waals surface area contributed by atoms with Crippen molar-refractivity contribution in [1.29, 1.82) is 0 Å². The van der Waals surface area contributed by atoms with E-state index < -0.39 is 5.97 Å². The Hall–Kier alpha value is -2.24. The summed E-state index contributed by atoms with van der Waals surface area (Å²) in [5, 5.41) is 17.4. The summed E-state index contributed by atoms with van der Waals surface area (Å²) in [6.45, 7) is 0. The third-order valence-corrected chi connectivity index (χ3v) is 5.68. The number of nitrogens with one attached hydrogen (secondary N) is 1. The lowest BCUT2D eigenvalue weighted by atomic mass is 10.2. The van der Waals surface area contributed by atoms with Gasteiger partial charge in [0.2, 0.25) is 5.16 Å². The molecule has 0 unspecified atom stereocenters. The van der Waals surface area contributed by atoms with E-state index in [-0.39, 0.29) is 4.91 Å². The van der Waals surface area contributed by atoms with E-state index in [0.717, 1.165) is 20.9 Å². The van der Waals surface area contributed by atoms with Gasteiger partial charge in [-0.05, 0) is 82.4 Å². The molecule has 0 bridgehead atoms. The second-order valence-electron chi connectivity index (χ2n) is 5.63. The number of methoxy groups -OCH3 is 2. The first-order valence-electron chi connectivity index (χ1n) is 8.14. The van der Waals surface area contributed by atoms with Crippen LogP contribution < -0.4 is 9.47 Å². The Labute approximate surface area is 189 Å². The van der Waals surface area contributed by atoms with Crippen LogP contribution >= 0.6 is 46.0 Å². The maximum atomic E-state index is 11.8. The number of H-pyrrole nitrogens is 1. The van der Waals surface area contributed by atoms with E-state index in [9.17, 15) is 9.90 Å². The van der Waals surface area contributed by atoms with Gasteiger partial charge in [0.25, 0.3) is 0 Å². The van der Waals surface area contributed by atoms with Crippen molar-refractivity contribution in [3.05, 3.63) is 55.5 Å². The van der Waals surface area contributed by atoms with Crippen LogP contribution in [0.25, 0.3) is 17.5 Å². The van der Waals surface area contributed by atoms with Crippen LogP contribution in [0.2, 0.25) is 5.02 Å². The van der Waals surface area contributed by atoms with E-state index in [1.807, 2.05) is 6.07 Å². The molecule has 2 aromatic carbocycles. The molecule has 0 aliphatic carbocycles. The van der Waals surface area contributed by atoms with Crippen LogP contribution in [0.3, 0.4) is 0 Å². The van der Waals surface area contributed by atoms with Crippen LogP contribution in [0.4, 0.5) is 0 Å². The quantitative estimate of drug-likeness (QED) is 0.247. The van der Waals surface area contributed by atoms with Crippen molar-refractivity contribution in [2.45, 2.75) is 5.16 Å². The van der Waals surface area contributed by atoms with Gasteiger partial charge in [-0.3, -0.25) is 5.10 Å². The van der Waals surface area contributed by atoms with Crippen molar-refractivity contribution in [3.8, 4) is 22.9 Å². The fraction of sp³-hybridized carbons (Fsp3) is 0.105.